The Kier molecular flexibility index (Phi) is 6.54. The van der Waals surface area contributed by atoms with E-state index in [1.807, 2.05) is 56.3 Å². The van der Waals surface area contributed by atoms with Crippen LogP contribution in [0.1, 0.15) is 24.1 Å². The predicted molar refractivity (Wildman–Crippen MR) is 104 cm³/mol. The van der Waals surface area contributed by atoms with Crippen LogP contribution in [0.4, 0.5) is 0 Å². The summed E-state index contributed by atoms with van der Waals surface area (Å²) in [6, 6.07) is 13.5. The molecule has 6 nitrogen and oxygen atoms in total. The molecule has 0 saturated heterocycles. The lowest BCUT2D eigenvalue weighted by Crippen LogP contribution is -2.36. The molecule has 2 aromatic carbocycles. The average Bonchev–Trinajstić information content (AvgIpc) is 2.68. The summed E-state index contributed by atoms with van der Waals surface area (Å²) in [7, 11) is 0. The summed E-state index contributed by atoms with van der Waals surface area (Å²) in [6.45, 7) is 6.45. The molecule has 0 fully saturated rings. The molecular weight excluding hydrogens is 344 g/mol. The molecule has 0 radical (unpaired) electrons. The fraction of sp³-hybridized carbons (Fsp3) is 0.381. The van der Waals surface area contributed by atoms with Crippen LogP contribution in [0, 0.1) is 6.92 Å². The molecule has 2 aromatic rings. The molecule has 1 aliphatic heterocycles. The summed E-state index contributed by atoms with van der Waals surface area (Å²) < 4.78 is 16.7. The van der Waals surface area contributed by atoms with E-state index in [-0.39, 0.29) is 18.5 Å². The Morgan fingerprint density at radius 3 is 2.63 bits per heavy atom. The molecule has 144 valence electrons. The van der Waals surface area contributed by atoms with Crippen molar-refractivity contribution in [2.75, 3.05) is 32.9 Å². The third-order valence-corrected chi connectivity index (χ3v) is 4.30. The highest BCUT2D eigenvalue weighted by molar-refractivity contribution is 5.78. The summed E-state index contributed by atoms with van der Waals surface area (Å²) in [4.78, 5) is 12.1. The van der Waals surface area contributed by atoms with Gasteiger partial charge in [0.05, 0.1) is 12.6 Å². The number of carbonyl (C=O) groups is 1. The van der Waals surface area contributed by atoms with Gasteiger partial charge in [0.2, 0.25) is 5.91 Å². The molecule has 0 unspecified atom stereocenters. The minimum Gasteiger partial charge on any atom is -0.492 e. The second-order valence-corrected chi connectivity index (χ2v) is 6.53. The Bertz CT molecular complexity index is 761. The monoisotopic (exact) mass is 370 g/mol. The largest absolute Gasteiger partial charge is 0.492 e. The van der Waals surface area contributed by atoms with Crippen LogP contribution in [0.2, 0.25) is 0 Å². The fourth-order valence-corrected chi connectivity index (χ4v) is 2.78. The topological polar surface area (TPSA) is 68.8 Å². The number of nitrogens with one attached hydrogen (secondary N) is 2. The highest BCUT2D eigenvalue weighted by atomic mass is 16.6. The van der Waals surface area contributed by atoms with Gasteiger partial charge >= 0.3 is 0 Å². The van der Waals surface area contributed by atoms with Gasteiger partial charge in [0, 0.05) is 6.54 Å². The van der Waals surface area contributed by atoms with Crippen molar-refractivity contribution < 1.29 is 19.0 Å². The second kappa shape index (κ2) is 9.28. The number of hydrogen-bond acceptors (Lipinski definition) is 5. The van der Waals surface area contributed by atoms with Gasteiger partial charge in [0.1, 0.15) is 25.6 Å². The zero-order valence-electron chi connectivity index (χ0n) is 15.8. The molecule has 0 saturated carbocycles. The number of carbonyl (C=O) groups excluding carboxylic acids is 1. The zero-order chi connectivity index (χ0) is 19.1. The zero-order valence-corrected chi connectivity index (χ0v) is 15.8. The third-order valence-electron chi connectivity index (χ3n) is 4.30. The van der Waals surface area contributed by atoms with E-state index >= 15 is 0 Å². The van der Waals surface area contributed by atoms with Gasteiger partial charge < -0.3 is 24.8 Å². The van der Waals surface area contributed by atoms with Crippen molar-refractivity contribution in [2.24, 2.45) is 0 Å². The number of rotatable bonds is 8. The SMILES string of the molecule is Cc1ccc(OCCNCC(=O)N[C@H](C)c2ccc3c(c2)OCCO3)cc1. The van der Waals surface area contributed by atoms with Crippen LogP contribution in [0.3, 0.4) is 0 Å². The molecule has 0 spiro atoms. The smallest absolute Gasteiger partial charge is 0.234 e. The first-order valence-corrected chi connectivity index (χ1v) is 9.21. The molecule has 27 heavy (non-hydrogen) atoms. The number of ether oxygens (including phenoxy) is 3. The van der Waals surface area contributed by atoms with E-state index in [0.717, 1.165) is 22.8 Å². The van der Waals surface area contributed by atoms with Crippen molar-refractivity contribution in [1.82, 2.24) is 10.6 Å². The molecule has 1 heterocycles. The third kappa shape index (κ3) is 5.62. The molecular formula is C21H26N2O4. The fourth-order valence-electron chi connectivity index (χ4n) is 2.78. The van der Waals surface area contributed by atoms with E-state index in [2.05, 4.69) is 10.6 Å². The summed E-state index contributed by atoms with van der Waals surface area (Å²) in [6.07, 6.45) is 0. The summed E-state index contributed by atoms with van der Waals surface area (Å²) in [5, 5.41) is 6.07. The summed E-state index contributed by atoms with van der Waals surface area (Å²) in [5.74, 6) is 2.25. The quantitative estimate of drug-likeness (QED) is 0.699. The van der Waals surface area contributed by atoms with E-state index in [9.17, 15) is 4.79 Å². The highest BCUT2D eigenvalue weighted by Crippen LogP contribution is 2.32. The molecule has 0 aromatic heterocycles. The lowest BCUT2D eigenvalue weighted by Gasteiger charge is -2.21. The van der Waals surface area contributed by atoms with Crippen molar-refractivity contribution in [3.63, 3.8) is 0 Å². The lowest BCUT2D eigenvalue weighted by atomic mass is 10.1. The normalized spacial score (nSPS) is 13.7. The maximum absolute atomic E-state index is 12.1. The minimum atomic E-state index is -0.112. The van der Waals surface area contributed by atoms with Gasteiger partial charge in [0.25, 0.3) is 0 Å². The Balaban J connectivity index is 1.36. The van der Waals surface area contributed by atoms with Crippen LogP contribution < -0.4 is 24.8 Å². The van der Waals surface area contributed by atoms with Crippen LogP contribution in [-0.4, -0.2) is 38.8 Å². The van der Waals surface area contributed by atoms with Gasteiger partial charge in [-0.25, -0.2) is 0 Å². The van der Waals surface area contributed by atoms with Crippen molar-refractivity contribution in [2.45, 2.75) is 19.9 Å². The van der Waals surface area contributed by atoms with Crippen molar-refractivity contribution in [1.29, 1.82) is 0 Å². The number of hydrogen-bond donors (Lipinski definition) is 2. The number of amides is 1. The van der Waals surface area contributed by atoms with Gasteiger partial charge in [-0.3, -0.25) is 4.79 Å². The van der Waals surface area contributed by atoms with E-state index in [1.54, 1.807) is 0 Å². The van der Waals surface area contributed by atoms with Crippen LogP contribution in [0.25, 0.3) is 0 Å². The van der Waals surface area contributed by atoms with Crippen molar-refractivity contribution in [3.8, 4) is 17.2 Å². The molecule has 0 bridgehead atoms. The molecule has 3 rings (SSSR count). The lowest BCUT2D eigenvalue weighted by molar-refractivity contribution is -0.120. The van der Waals surface area contributed by atoms with E-state index < -0.39 is 0 Å². The molecule has 1 aliphatic rings. The van der Waals surface area contributed by atoms with E-state index in [1.165, 1.54) is 5.56 Å². The van der Waals surface area contributed by atoms with Crippen LogP contribution in [0.5, 0.6) is 17.2 Å². The molecule has 1 amide bonds. The van der Waals surface area contributed by atoms with Gasteiger partial charge in [0.15, 0.2) is 11.5 Å². The Hall–Kier alpha value is -2.73. The Morgan fingerprint density at radius 1 is 1.11 bits per heavy atom. The van der Waals surface area contributed by atoms with E-state index in [0.29, 0.717) is 26.4 Å². The van der Waals surface area contributed by atoms with Crippen LogP contribution in [-0.2, 0) is 4.79 Å². The Morgan fingerprint density at radius 2 is 1.85 bits per heavy atom. The number of fused-ring (bicyclic) bond motifs is 1. The van der Waals surface area contributed by atoms with E-state index in [4.69, 9.17) is 14.2 Å². The molecule has 1 atom stereocenters. The number of benzene rings is 2. The maximum atomic E-state index is 12.1. The van der Waals surface area contributed by atoms with Crippen molar-refractivity contribution in [3.05, 3.63) is 53.6 Å². The van der Waals surface area contributed by atoms with Crippen molar-refractivity contribution >= 4 is 5.91 Å². The predicted octanol–water partition coefficient (Wildman–Crippen LogP) is 2.61. The minimum absolute atomic E-state index is 0.0623. The maximum Gasteiger partial charge on any atom is 0.234 e. The number of aryl methyl sites for hydroxylation is 1. The van der Waals surface area contributed by atoms with Gasteiger partial charge in [-0.15, -0.1) is 0 Å². The van der Waals surface area contributed by atoms with Gasteiger partial charge in [-0.05, 0) is 43.7 Å². The summed E-state index contributed by atoms with van der Waals surface area (Å²) >= 11 is 0. The van der Waals surface area contributed by atoms with Crippen LogP contribution >= 0.6 is 0 Å². The standard InChI is InChI=1S/C21H26N2O4/c1-15-3-6-18(7-4-15)25-10-9-22-14-21(24)23-16(2)17-5-8-19-20(13-17)27-12-11-26-19/h3-8,13,16,22H,9-12,14H2,1-2H3,(H,23,24)/t16-/m1/s1. The second-order valence-electron chi connectivity index (χ2n) is 6.53. The van der Waals surface area contributed by atoms with Gasteiger partial charge in [-0.2, -0.15) is 0 Å². The molecule has 6 heteroatoms. The molecule has 0 aliphatic carbocycles. The summed E-state index contributed by atoms with van der Waals surface area (Å²) in [5.41, 5.74) is 2.18. The Labute approximate surface area is 159 Å². The average molecular weight is 370 g/mol. The molecule has 2 N–H and O–H groups in total. The highest BCUT2D eigenvalue weighted by Gasteiger charge is 2.15. The van der Waals surface area contributed by atoms with Crippen LogP contribution in [0.15, 0.2) is 42.5 Å². The first-order chi connectivity index (χ1) is 13.1. The van der Waals surface area contributed by atoms with Gasteiger partial charge in [-0.1, -0.05) is 23.8 Å². The first kappa shape index (κ1) is 19.0. The first-order valence-electron chi connectivity index (χ1n) is 9.21.